The van der Waals surface area contributed by atoms with E-state index in [0.29, 0.717) is 11.8 Å². The van der Waals surface area contributed by atoms with Gasteiger partial charge in [0.25, 0.3) is 0 Å². The third kappa shape index (κ3) is 4.87. The van der Waals surface area contributed by atoms with Crippen molar-refractivity contribution in [3.63, 3.8) is 0 Å². The molecule has 0 atom stereocenters. The monoisotopic (exact) mass is 466 g/mol. The number of benzene rings is 2. The molecule has 0 unspecified atom stereocenters. The molecule has 0 saturated heterocycles. The lowest BCUT2D eigenvalue weighted by molar-refractivity contribution is -0.114. The van der Waals surface area contributed by atoms with Gasteiger partial charge in [-0.1, -0.05) is 0 Å². The molecule has 5 nitrogen and oxygen atoms in total. The molecule has 2 rings (SSSR count). The van der Waals surface area contributed by atoms with Crippen LogP contribution < -0.4 is 9.62 Å². The molecular weight excluding hydrogens is 453 g/mol. The fourth-order valence-corrected chi connectivity index (χ4v) is 3.13. The molecule has 0 heterocycles. The van der Waals surface area contributed by atoms with Gasteiger partial charge in [-0.15, -0.1) is 0 Å². The first-order valence-corrected chi connectivity index (χ1v) is 9.58. The molecule has 24 heavy (non-hydrogen) atoms. The molecule has 0 aliphatic heterocycles. The van der Waals surface area contributed by atoms with Crippen LogP contribution in [0.25, 0.3) is 0 Å². The van der Waals surface area contributed by atoms with Gasteiger partial charge in [-0.25, -0.2) is 17.2 Å². The summed E-state index contributed by atoms with van der Waals surface area (Å²) in [7, 11) is -3.72. The Labute approximate surface area is 151 Å². The zero-order valence-electron chi connectivity index (χ0n) is 12.5. The van der Waals surface area contributed by atoms with Crippen LogP contribution in [0, 0.1) is 15.2 Å². The Morgan fingerprint density at radius 3 is 2.33 bits per heavy atom. The van der Waals surface area contributed by atoms with E-state index in [1.165, 1.54) is 0 Å². The third-order valence-corrected chi connectivity index (χ3v) is 4.87. The van der Waals surface area contributed by atoms with E-state index >= 15 is 0 Å². The molecule has 1 amide bonds. The van der Waals surface area contributed by atoms with E-state index in [2.05, 4.69) is 27.9 Å². The van der Waals surface area contributed by atoms with Gasteiger partial charge in [0.1, 0.15) is 18.2 Å². The smallest absolute Gasteiger partial charge is 0.245 e. The Morgan fingerprint density at radius 2 is 1.79 bits per heavy atom. The van der Waals surface area contributed by atoms with Gasteiger partial charge in [0.2, 0.25) is 15.9 Å². The number of nitrogens with zero attached hydrogens (tertiary/aromatic N) is 1. The molecule has 0 fully saturated rings. The number of sulfonamides is 1. The van der Waals surface area contributed by atoms with E-state index in [9.17, 15) is 22.0 Å². The molecule has 2 aromatic rings. The van der Waals surface area contributed by atoms with Gasteiger partial charge in [0.15, 0.2) is 0 Å². The molecule has 1 N–H and O–H groups in total. The number of hydrogen-bond acceptors (Lipinski definition) is 3. The molecule has 0 spiro atoms. The average molecular weight is 466 g/mol. The van der Waals surface area contributed by atoms with Crippen molar-refractivity contribution in [2.75, 3.05) is 22.4 Å². The van der Waals surface area contributed by atoms with Crippen LogP contribution in [-0.2, 0) is 14.8 Å². The lowest BCUT2D eigenvalue weighted by Gasteiger charge is -2.22. The van der Waals surface area contributed by atoms with Crippen molar-refractivity contribution < 1.29 is 22.0 Å². The summed E-state index contributed by atoms with van der Waals surface area (Å²) in [5, 5.41) is 2.23. The molecule has 9 heteroatoms. The van der Waals surface area contributed by atoms with Crippen molar-refractivity contribution in [2.24, 2.45) is 0 Å². The molecule has 0 saturated carbocycles. The Kier molecular flexibility index (Phi) is 5.75. The number of nitrogens with one attached hydrogen (secondary N) is 1. The number of anilines is 2. The van der Waals surface area contributed by atoms with Crippen molar-refractivity contribution in [1.82, 2.24) is 0 Å². The highest BCUT2D eigenvalue weighted by Gasteiger charge is 2.21. The summed E-state index contributed by atoms with van der Waals surface area (Å²) in [6.07, 6.45) is 0.969. The van der Waals surface area contributed by atoms with Crippen molar-refractivity contribution in [1.29, 1.82) is 0 Å². The van der Waals surface area contributed by atoms with Crippen LogP contribution in [0.15, 0.2) is 42.5 Å². The molecule has 0 aliphatic carbocycles. The maximum atomic E-state index is 13.6. The quantitative estimate of drug-likeness (QED) is 0.690. The molecule has 2 aromatic carbocycles. The SMILES string of the molecule is CS(=O)(=O)N(CC(=O)Nc1ccc(F)cc1F)c1ccc(I)cc1. The first-order chi connectivity index (χ1) is 11.2. The first-order valence-electron chi connectivity index (χ1n) is 6.65. The predicted molar refractivity (Wildman–Crippen MR) is 96.3 cm³/mol. The number of rotatable bonds is 5. The molecule has 0 radical (unpaired) electrons. The topological polar surface area (TPSA) is 66.5 Å². The molecule has 0 aliphatic rings. The second-order valence-electron chi connectivity index (χ2n) is 4.92. The Bertz CT molecular complexity index is 858. The highest BCUT2D eigenvalue weighted by molar-refractivity contribution is 14.1. The van der Waals surface area contributed by atoms with Crippen molar-refractivity contribution in [3.05, 3.63) is 57.7 Å². The fourth-order valence-electron chi connectivity index (χ4n) is 1.92. The van der Waals surface area contributed by atoms with Gasteiger partial charge in [0.05, 0.1) is 17.6 Å². The molecule has 128 valence electrons. The highest BCUT2D eigenvalue weighted by atomic mass is 127. The first kappa shape index (κ1) is 18.6. The van der Waals surface area contributed by atoms with Gasteiger partial charge in [0, 0.05) is 9.64 Å². The highest BCUT2D eigenvalue weighted by Crippen LogP contribution is 2.20. The van der Waals surface area contributed by atoms with E-state index in [4.69, 9.17) is 0 Å². The van der Waals surface area contributed by atoms with Crippen LogP contribution in [0.3, 0.4) is 0 Å². The summed E-state index contributed by atoms with van der Waals surface area (Å²) < 4.78 is 52.1. The average Bonchev–Trinajstić information content (AvgIpc) is 2.48. The van der Waals surface area contributed by atoms with Crippen molar-refractivity contribution in [2.45, 2.75) is 0 Å². The minimum Gasteiger partial charge on any atom is -0.322 e. The minimum absolute atomic E-state index is 0.225. The number of halogens is 3. The Hall–Kier alpha value is -1.75. The normalized spacial score (nSPS) is 11.2. The fraction of sp³-hybridized carbons (Fsp3) is 0.133. The van der Waals surface area contributed by atoms with E-state index < -0.39 is 34.1 Å². The van der Waals surface area contributed by atoms with Gasteiger partial charge >= 0.3 is 0 Å². The van der Waals surface area contributed by atoms with E-state index in [1.807, 2.05) is 0 Å². The predicted octanol–water partition coefficient (Wildman–Crippen LogP) is 2.97. The van der Waals surface area contributed by atoms with Crippen LogP contribution in [0.5, 0.6) is 0 Å². The van der Waals surface area contributed by atoms with Crippen LogP contribution in [0.1, 0.15) is 0 Å². The summed E-state index contributed by atoms with van der Waals surface area (Å²) in [4.78, 5) is 12.1. The number of carbonyl (C=O) groups is 1. The summed E-state index contributed by atoms with van der Waals surface area (Å²) >= 11 is 2.07. The van der Waals surface area contributed by atoms with E-state index in [0.717, 1.165) is 26.3 Å². The molecule has 0 bridgehead atoms. The molecule has 0 aromatic heterocycles. The van der Waals surface area contributed by atoms with Gasteiger partial charge < -0.3 is 5.32 Å². The lowest BCUT2D eigenvalue weighted by Crippen LogP contribution is -2.37. The maximum absolute atomic E-state index is 13.6. The van der Waals surface area contributed by atoms with E-state index in [1.54, 1.807) is 24.3 Å². The number of carbonyl (C=O) groups excluding carboxylic acids is 1. The number of hydrogen-bond donors (Lipinski definition) is 1. The Morgan fingerprint density at radius 1 is 1.17 bits per heavy atom. The second kappa shape index (κ2) is 7.43. The van der Waals surface area contributed by atoms with Crippen LogP contribution in [0.4, 0.5) is 20.2 Å². The maximum Gasteiger partial charge on any atom is 0.245 e. The minimum atomic E-state index is -3.72. The summed E-state index contributed by atoms with van der Waals surface area (Å²) in [6, 6.07) is 9.22. The number of amides is 1. The summed E-state index contributed by atoms with van der Waals surface area (Å²) in [5.41, 5.74) is 0.0881. The second-order valence-corrected chi connectivity index (χ2v) is 8.07. The van der Waals surface area contributed by atoms with Crippen LogP contribution >= 0.6 is 22.6 Å². The van der Waals surface area contributed by atoms with Gasteiger partial charge in [-0.2, -0.15) is 0 Å². The summed E-state index contributed by atoms with van der Waals surface area (Å²) in [6.45, 7) is -0.532. The standard InChI is InChI=1S/C15H13F2IN2O3S/c1-24(22,23)20(12-5-3-11(18)4-6-12)9-15(21)19-14-7-2-10(16)8-13(14)17/h2-8H,9H2,1H3,(H,19,21). The van der Waals surface area contributed by atoms with Gasteiger partial charge in [-0.05, 0) is 59.0 Å². The van der Waals surface area contributed by atoms with Crippen molar-refractivity contribution >= 4 is 49.9 Å². The largest absolute Gasteiger partial charge is 0.322 e. The zero-order chi connectivity index (χ0) is 17.9. The van der Waals surface area contributed by atoms with Crippen LogP contribution in [0.2, 0.25) is 0 Å². The van der Waals surface area contributed by atoms with E-state index in [-0.39, 0.29) is 5.69 Å². The summed E-state index contributed by atoms with van der Waals surface area (Å²) in [5.74, 6) is -2.46. The molecular formula is C15H13F2IN2O3S. The van der Waals surface area contributed by atoms with Gasteiger partial charge in [-0.3, -0.25) is 9.10 Å². The Balaban J connectivity index is 2.20. The lowest BCUT2D eigenvalue weighted by atomic mass is 10.3. The van der Waals surface area contributed by atoms with Crippen LogP contribution in [-0.4, -0.2) is 27.1 Å². The zero-order valence-corrected chi connectivity index (χ0v) is 15.4. The third-order valence-electron chi connectivity index (χ3n) is 3.01. The van der Waals surface area contributed by atoms with Crippen molar-refractivity contribution in [3.8, 4) is 0 Å².